The Hall–Kier alpha value is -3.39. The average Bonchev–Trinajstić information content (AvgIpc) is 3.58. The largest absolute Gasteiger partial charge is 0.496 e. The quantitative estimate of drug-likeness (QED) is 0.257. The number of allylic oxidation sites excluding steroid dienone is 1. The summed E-state index contributed by atoms with van der Waals surface area (Å²) in [5.74, 6) is 2.51. The summed E-state index contributed by atoms with van der Waals surface area (Å²) in [5, 5.41) is 4.60. The number of fused-ring (bicyclic) bond motifs is 1. The van der Waals surface area contributed by atoms with Gasteiger partial charge in [0, 0.05) is 36.1 Å². The van der Waals surface area contributed by atoms with Crippen LogP contribution in [0.1, 0.15) is 52.5 Å². The van der Waals surface area contributed by atoms with Crippen molar-refractivity contribution in [1.82, 2.24) is 19.6 Å². The molecular formula is C29H37BrN6O. The molecule has 1 fully saturated rings. The van der Waals surface area contributed by atoms with Gasteiger partial charge in [-0.1, -0.05) is 45.0 Å². The second-order valence-corrected chi connectivity index (χ2v) is 9.29. The summed E-state index contributed by atoms with van der Waals surface area (Å²) in [7, 11) is 1.69. The summed E-state index contributed by atoms with van der Waals surface area (Å²) in [6, 6.07) is 16.6. The van der Waals surface area contributed by atoms with Crippen molar-refractivity contribution in [2.24, 2.45) is 0 Å². The van der Waals surface area contributed by atoms with Crippen LogP contribution in [0.15, 0.2) is 71.5 Å². The Morgan fingerprint density at radius 3 is 2.65 bits per heavy atom. The van der Waals surface area contributed by atoms with E-state index in [1.165, 1.54) is 12.8 Å². The monoisotopic (exact) mass is 564 g/mol. The lowest BCUT2D eigenvalue weighted by atomic mass is 10.1. The summed E-state index contributed by atoms with van der Waals surface area (Å²) >= 11 is 3.55. The van der Waals surface area contributed by atoms with Crippen LogP contribution in [0, 0.1) is 0 Å². The van der Waals surface area contributed by atoms with Crippen LogP contribution in [-0.2, 0) is 4.74 Å². The molecule has 8 heteroatoms. The predicted octanol–water partition coefficient (Wildman–Crippen LogP) is 7.23. The fourth-order valence-electron chi connectivity index (χ4n) is 4.23. The minimum Gasteiger partial charge on any atom is -0.496 e. The third-order valence-corrected chi connectivity index (χ3v) is 6.55. The zero-order valence-corrected chi connectivity index (χ0v) is 23.9. The molecule has 3 aromatic heterocycles. The number of hydrogen-bond donors (Lipinski definition) is 1. The molecule has 1 aliphatic heterocycles. The molecule has 37 heavy (non-hydrogen) atoms. The number of imidazole rings is 1. The minimum atomic E-state index is 0.606. The van der Waals surface area contributed by atoms with E-state index in [1.54, 1.807) is 17.8 Å². The number of nitrogen functional groups attached to an aromatic ring is 1. The number of aromatic nitrogens is 4. The van der Waals surface area contributed by atoms with E-state index < -0.39 is 0 Å². The van der Waals surface area contributed by atoms with Crippen LogP contribution in [-0.4, -0.2) is 39.3 Å². The fraction of sp³-hybridized carbons (Fsp3) is 0.345. The third kappa shape index (κ3) is 7.10. The first kappa shape index (κ1) is 28.2. The molecule has 5 rings (SSSR count). The molecule has 7 nitrogen and oxygen atoms in total. The second kappa shape index (κ2) is 13.8. The molecule has 196 valence electrons. The lowest BCUT2D eigenvalue weighted by Gasteiger charge is -2.22. The van der Waals surface area contributed by atoms with Crippen molar-refractivity contribution in [2.75, 3.05) is 24.3 Å². The minimum absolute atomic E-state index is 0.606. The number of halogens is 1. The maximum atomic E-state index is 5.63. The van der Waals surface area contributed by atoms with Crippen LogP contribution in [0.3, 0.4) is 0 Å². The molecule has 4 aromatic rings. The molecular weight excluding hydrogens is 528 g/mol. The number of anilines is 2. The SMILES string of the molecule is CC.CC/C=C(/OC)c1cccc(-c2cc(Br)c3nccn3n2)c1.CC1CCCN1c1cccc(N)n1. The average molecular weight is 566 g/mol. The topological polar surface area (TPSA) is 81.6 Å². The van der Waals surface area contributed by atoms with Crippen molar-refractivity contribution in [3.8, 4) is 11.3 Å². The van der Waals surface area contributed by atoms with Crippen LogP contribution < -0.4 is 10.6 Å². The van der Waals surface area contributed by atoms with E-state index in [0.29, 0.717) is 11.9 Å². The maximum Gasteiger partial charge on any atom is 0.167 e. The highest BCUT2D eigenvalue weighted by molar-refractivity contribution is 9.10. The van der Waals surface area contributed by atoms with Crippen LogP contribution in [0.25, 0.3) is 22.7 Å². The van der Waals surface area contributed by atoms with Gasteiger partial charge in [0.05, 0.1) is 17.3 Å². The van der Waals surface area contributed by atoms with E-state index in [1.807, 2.05) is 62.5 Å². The number of ether oxygens (including phenoxy) is 1. The highest BCUT2D eigenvalue weighted by Crippen LogP contribution is 2.27. The summed E-state index contributed by atoms with van der Waals surface area (Å²) in [4.78, 5) is 10.9. The first-order valence-electron chi connectivity index (χ1n) is 12.8. The summed E-state index contributed by atoms with van der Waals surface area (Å²) in [6.07, 6.45) is 9.10. The number of rotatable bonds is 5. The summed E-state index contributed by atoms with van der Waals surface area (Å²) < 4.78 is 8.15. The Morgan fingerprint density at radius 2 is 1.97 bits per heavy atom. The molecule has 1 unspecified atom stereocenters. The lowest BCUT2D eigenvalue weighted by Crippen LogP contribution is -2.27. The van der Waals surface area contributed by atoms with E-state index in [-0.39, 0.29) is 0 Å². The van der Waals surface area contributed by atoms with E-state index in [0.717, 1.165) is 51.5 Å². The molecule has 1 aliphatic rings. The van der Waals surface area contributed by atoms with E-state index in [9.17, 15) is 0 Å². The first-order valence-corrected chi connectivity index (χ1v) is 13.6. The molecule has 0 bridgehead atoms. The van der Waals surface area contributed by atoms with Gasteiger partial charge < -0.3 is 15.4 Å². The molecule has 0 radical (unpaired) electrons. The molecule has 1 atom stereocenters. The Balaban J connectivity index is 0.000000216. The summed E-state index contributed by atoms with van der Waals surface area (Å²) in [5.41, 5.74) is 9.41. The highest BCUT2D eigenvalue weighted by atomic mass is 79.9. The van der Waals surface area contributed by atoms with Crippen molar-refractivity contribution in [3.05, 3.63) is 77.0 Å². The van der Waals surface area contributed by atoms with Crippen LogP contribution in [0.2, 0.25) is 0 Å². The fourth-order valence-corrected chi connectivity index (χ4v) is 4.73. The Morgan fingerprint density at radius 1 is 1.19 bits per heavy atom. The standard InChI is InChI=1S/C17H16BrN3O.C10H15N3.C2H6/c1-3-5-16(22-2)13-7-4-6-12(10-13)15-11-14(18)17-19-8-9-21(17)20-15;1-8-4-3-7-13(8)10-6-2-5-9(11)12-10;1-2/h4-11H,3H2,1-2H3;2,5-6,8H,3-4,7H2,1H3,(H2,11,12);1-2H3/b16-5+;;. The van der Waals surface area contributed by atoms with Gasteiger partial charge in [0.25, 0.3) is 0 Å². The first-order chi connectivity index (χ1) is 18.0. The zero-order valence-electron chi connectivity index (χ0n) is 22.4. The van der Waals surface area contributed by atoms with E-state index in [2.05, 4.69) is 61.9 Å². The maximum absolute atomic E-state index is 5.63. The number of nitrogens with zero attached hydrogens (tertiary/aromatic N) is 5. The van der Waals surface area contributed by atoms with Gasteiger partial charge in [-0.05, 0) is 72.5 Å². The number of pyridine rings is 1. The van der Waals surface area contributed by atoms with Gasteiger partial charge in [-0.2, -0.15) is 5.10 Å². The number of benzene rings is 1. The number of nitrogens with two attached hydrogens (primary N) is 1. The molecule has 4 heterocycles. The molecule has 0 spiro atoms. The van der Waals surface area contributed by atoms with E-state index in [4.69, 9.17) is 10.5 Å². The van der Waals surface area contributed by atoms with Gasteiger partial charge in [-0.3, -0.25) is 0 Å². The van der Waals surface area contributed by atoms with Gasteiger partial charge in [-0.25, -0.2) is 14.5 Å². The normalized spacial score (nSPS) is 15.0. The molecule has 2 N–H and O–H groups in total. The van der Waals surface area contributed by atoms with Crippen molar-refractivity contribution >= 4 is 39.0 Å². The summed E-state index contributed by atoms with van der Waals surface area (Å²) in [6.45, 7) is 9.43. The smallest absolute Gasteiger partial charge is 0.167 e. The third-order valence-electron chi connectivity index (χ3n) is 5.97. The molecule has 0 aliphatic carbocycles. The van der Waals surface area contributed by atoms with Crippen molar-refractivity contribution < 1.29 is 4.74 Å². The van der Waals surface area contributed by atoms with Crippen LogP contribution >= 0.6 is 15.9 Å². The van der Waals surface area contributed by atoms with Gasteiger partial charge in [0.2, 0.25) is 0 Å². The van der Waals surface area contributed by atoms with E-state index >= 15 is 0 Å². The van der Waals surface area contributed by atoms with Crippen molar-refractivity contribution in [3.63, 3.8) is 0 Å². The Bertz CT molecular complexity index is 1320. The molecule has 1 aromatic carbocycles. The van der Waals surface area contributed by atoms with Gasteiger partial charge in [0.15, 0.2) is 5.65 Å². The Kier molecular flexibility index (Phi) is 10.5. The zero-order chi connectivity index (χ0) is 26.8. The molecule has 0 saturated carbocycles. The number of methoxy groups -OCH3 is 1. The van der Waals surface area contributed by atoms with Gasteiger partial charge in [-0.15, -0.1) is 0 Å². The Labute approximate surface area is 228 Å². The van der Waals surface area contributed by atoms with Gasteiger partial charge >= 0.3 is 0 Å². The molecule has 0 amide bonds. The van der Waals surface area contributed by atoms with Crippen LogP contribution in [0.4, 0.5) is 11.6 Å². The predicted molar refractivity (Wildman–Crippen MR) is 157 cm³/mol. The van der Waals surface area contributed by atoms with Crippen molar-refractivity contribution in [1.29, 1.82) is 0 Å². The lowest BCUT2D eigenvalue weighted by molar-refractivity contribution is 0.369. The van der Waals surface area contributed by atoms with Crippen LogP contribution in [0.5, 0.6) is 0 Å². The number of hydrogen-bond acceptors (Lipinski definition) is 6. The highest BCUT2D eigenvalue weighted by Gasteiger charge is 2.21. The molecule has 1 saturated heterocycles. The van der Waals surface area contributed by atoms with Crippen molar-refractivity contribution in [2.45, 2.75) is 53.0 Å². The second-order valence-electron chi connectivity index (χ2n) is 8.44. The van der Waals surface area contributed by atoms with Gasteiger partial charge in [0.1, 0.15) is 17.4 Å².